The fourth-order valence-corrected chi connectivity index (χ4v) is 2.15. The van der Waals surface area contributed by atoms with Gasteiger partial charge in [0.25, 0.3) is 10.0 Å². The Morgan fingerprint density at radius 1 is 1.21 bits per heavy atom. The van der Waals surface area contributed by atoms with E-state index < -0.39 is 10.0 Å². The minimum atomic E-state index is -3.59. The third-order valence-electron chi connectivity index (χ3n) is 2.50. The Morgan fingerprint density at radius 3 is 2.63 bits per heavy atom. The quantitative estimate of drug-likeness (QED) is 0.880. The number of furan rings is 1. The standard InChI is InChI=1S/C12H13FN2O3S/c1-14-19(16,17)12-7-6-9(18-12)8-15-11-5-3-2-4-10(11)13/h2-7,14-15H,8H2,1H3. The van der Waals surface area contributed by atoms with E-state index in [9.17, 15) is 12.8 Å². The molecule has 7 heteroatoms. The van der Waals surface area contributed by atoms with Crippen molar-refractivity contribution >= 4 is 15.7 Å². The van der Waals surface area contributed by atoms with Crippen molar-refractivity contribution in [3.63, 3.8) is 0 Å². The van der Waals surface area contributed by atoms with E-state index in [1.165, 1.54) is 25.2 Å². The molecule has 2 N–H and O–H groups in total. The second-order valence-electron chi connectivity index (χ2n) is 3.76. The van der Waals surface area contributed by atoms with Crippen LogP contribution in [0.4, 0.5) is 10.1 Å². The van der Waals surface area contributed by atoms with Gasteiger partial charge in [-0.1, -0.05) is 12.1 Å². The van der Waals surface area contributed by atoms with Gasteiger partial charge in [-0.2, -0.15) is 0 Å². The lowest BCUT2D eigenvalue weighted by Gasteiger charge is -2.05. The lowest BCUT2D eigenvalue weighted by molar-refractivity contribution is 0.417. The van der Waals surface area contributed by atoms with Crippen LogP contribution in [0.1, 0.15) is 5.76 Å². The Hall–Kier alpha value is -1.86. The molecule has 0 aliphatic heterocycles. The highest BCUT2D eigenvalue weighted by atomic mass is 32.2. The molecule has 0 saturated carbocycles. The summed E-state index contributed by atoms with van der Waals surface area (Å²) in [5, 5.41) is 2.66. The van der Waals surface area contributed by atoms with Gasteiger partial charge in [-0.3, -0.25) is 0 Å². The molecule has 0 spiro atoms. The predicted octanol–water partition coefficient (Wildman–Crippen LogP) is 1.94. The summed E-state index contributed by atoms with van der Waals surface area (Å²) in [5.41, 5.74) is 0.330. The van der Waals surface area contributed by atoms with Crippen molar-refractivity contribution in [2.24, 2.45) is 0 Å². The number of sulfonamides is 1. The molecule has 102 valence electrons. The lowest BCUT2D eigenvalue weighted by Crippen LogP contribution is -2.17. The number of rotatable bonds is 5. The smallest absolute Gasteiger partial charge is 0.273 e. The van der Waals surface area contributed by atoms with Crippen molar-refractivity contribution in [2.45, 2.75) is 11.6 Å². The van der Waals surface area contributed by atoms with E-state index in [4.69, 9.17) is 4.42 Å². The molecule has 1 aromatic heterocycles. The van der Waals surface area contributed by atoms with Crippen molar-refractivity contribution in [3.05, 3.63) is 48.0 Å². The maximum Gasteiger partial charge on any atom is 0.273 e. The van der Waals surface area contributed by atoms with Gasteiger partial charge in [-0.05, 0) is 31.3 Å². The maximum atomic E-state index is 13.3. The monoisotopic (exact) mass is 284 g/mol. The zero-order valence-electron chi connectivity index (χ0n) is 10.2. The first-order chi connectivity index (χ1) is 9.03. The van der Waals surface area contributed by atoms with E-state index in [0.717, 1.165) is 0 Å². The SMILES string of the molecule is CNS(=O)(=O)c1ccc(CNc2ccccc2F)o1. The summed E-state index contributed by atoms with van der Waals surface area (Å²) in [6, 6.07) is 9.09. The van der Waals surface area contributed by atoms with Crippen molar-refractivity contribution < 1.29 is 17.2 Å². The molecule has 0 amide bonds. The van der Waals surface area contributed by atoms with Crippen molar-refractivity contribution in [3.8, 4) is 0 Å². The largest absolute Gasteiger partial charge is 0.446 e. The summed E-state index contributed by atoms with van der Waals surface area (Å²) in [5.74, 6) is 0.0224. The van der Waals surface area contributed by atoms with Gasteiger partial charge in [-0.25, -0.2) is 17.5 Å². The summed E-state index contributed by atoms with van der Waals surface area (Å²) in [7, 11) is -2.29. The van der Waals surface area contributed by atoms with E-state index in [1.54, 1.807) is 18.2 Å². The van der Waals surface area contributed by atoms with Crippen LogP contribution in [-0.4, -0.2) is 15.5 Å². The fraction of sp³-hybridized carbons (Fsp3) is 0.167. The summed E-state index contributed by atoms with van der Waals surface area (Å²) in [6.07, 6.45) is 0. The molecule has 2 rings (SSSR count). The van der Waals surface area contributed by atoms with Gasteiger partial charge in [0, 0.05) is 0 Å². The molecule has 0 fully saturated rings. The van der Waals surface area contributed by atoms with E-state index >= 15 is 0 Å². The molecule has 0 aliphatic carbocycles. The third-order valence-corrected chi connectivity index (χ3v) is 3.78. The van der Waals surface area contributed by atoms with Crippen LogP contribution >= 0.6 is 0 Å². The molecule has 1 aromatic carbocycles. The first kappa shape index (κ1) is 13.6. The van der Waals surface area contributed by atoms with Gasteiger partial charge >= 0.3 is 0 Å². The average Bonchev–Trinajstić information content (AvgIpc) is 2.87. The van der Waals surface area contributed by atoms with Crippen molar-refractivity contribution in [1.82, 2.24) is 4.72 Å². The lowest BCUT2D eigenvalue weighted by atomic mass is 10.3. The van der Waals surface area contributed by atoms with Gasteiger partial charge in [-0.15, -0.1) is 0 Å². The van der Waals surface area contributed by atoms with Crippen molar-refractivity contribution in [2.75, 3.05) is 12.4 Å². The molecule has 0 atom stereocenters. The summed E-state index contributed by atoms with van der Waals surface area (Å²) in [6.45, 7) is 0.195. The van der Waals surface area contributed by atoms with E-state index in [-0.39, 0.29) is 17.5 Å². The highest BCUT2D eigenvalue weighted by Crippen LogP contribution is 2.17. The molecular formula is C12H13FN2O3S. The normalized spacial score (nSPS) is 11.5. The molecule has 0 saturated heterocycles. The van der Waals surface area contributed by atoms with Crippen LogP contribution in [0.15, 0.2) is 45.9 Å². The Bertz CT molecular complexity index is 667. The van der Waals surface area contributed by atoms with E-state index in [2.05, 4.69) is 10.0 Å². The molecule has 0 aliphatic rings. The van der Waals surface area contributed by atoms with Crippen LogP contribution in [0.2, 0.25) is 0 Å². The Balaban J connectivity index is 2.08. The topological polar surface area (TPSA) is 71.3 Å². The Labute approximate surface area is 110 Å². The van der Waals surface area contributed by atoms with Crippen LogP contribution in [0.5, 0.6) is 0 Å². The molecule has 0 bridgehead atoms. The van der Waals surface area contributed by atoms with Gasteiger partial charge in [0.15, 0.2) is 0 Å². The molecular weight excluding hydrogens is 271 g/mol. The van der Waals surface area contributed by atoms with Gasteiger partial charge < -0.3 is 9.73 Å². The number of nitrogens with one attached hydrogen (secondary N) is 2. The maximum absolute atomic E-state index is 13.3. The first-order valence-electron chi connectivity index (χ1n) is 5.53. The summed E-state index contributed by atoms with van der Waals surface area (Å²) >= 11 is 0. The van der Waals surface area contributed by atoms with Gasteiger partial charge in [0.05, 0.1) is 12.2 Å². The Morgan fingerprint density at radius 2 is 1.95 bits per heavy atom. The van der Waals surface area contributed by atoms with Crippen molar-refractivity contribution in [1.29, 1.82) is 0 Å². The number of halogens is 1. The molecule has 1 heterocycles. The predicted molar refractivity (Wildman–Crippen MR) is 68.7 cm³/mol. The minimum absolute atomic E-state index is 0.166. The van der Waals surface area contributed by atoms with Gasteiger partial charge in [0.2, 0.25) is 5.09 Å². The molecule has 5 nitrogen and oxygen atoms in total. The van der Waals surface area contributed by atoms with Crippen LogP contribution in [0, 0.1) is 5.82 Å². The zero-order chi connectivity index (χ0) is 13.9. The second kappa shape index (κ2) is 5.41. The minimum Gasteiger partial charge on any atom is -0.446 e. The Kier molecular flexibility index (Phi) is 3.87. The zero-order valence-corrected chi connectivity index (χ0v) is 11.0. The van der Waals surface area contributed by atoms with Crippen LogP contribution in [0.25, 0.3) is 0 Å². The average molecular weight is 284 g/mol. The number of para-hydroxylation sites is 1. The van der Waals surface area contributed by atoms with Gasteiger partial charge in [0.1, 0.15) is 11.6 Å². The number of hydrogen-bond donors (Lipinski definition) is 2. The summed E-state index contributed by atoms with van der Waals surface area (Å²) in [4.78, 5) is 0. The molecule has 0 radical (unpaired) electrons. The van der Waals surface area contributed by atoms with E-state index in [0.29, 0.717) is 11.4 Å². The van der Waals surface area contributed by atoms with Crippen LogP contribution < -0.4 is 10.0 Å². The second-order valence-corrected chi connectivity index (χ2v) is 5.58. The summed E-state index contributed by atoms with van der Waals surface area (Å²) < 4.78 is 43.6. The highest BCUT2D eigenvalue weighted by molar-refractivity contribution is 7.89. The number of anilines is 1. The highest BCUT2D eigenvalue weighted by Gasteiger charge is 2.16. The van der Waals surface area contributed by atoms with Crippen LogP contribution in [0.3, 0.4) is 0 Å². The van der Waals surface area contributed by atoms with Crippen LogP contribution in [-0.2, 0) is 16.6 Å². The number of hydrogen-bond acceptors (Lipinski definition) is 4. The third kappa shape index (κ3) is 3.12. The molecule has 2 aromatic rings. The van der Waals surface area contributed by atoms with E-state index in [1.807, 2.05) is 0 Å². The number of benzene rings is 1. The fourth-order valence-electron chi connectivity index (χ4n) is 1.49. The first-order valence-corrected chi connectivity index (χ1v) is 7.02. The molecule has 0 unspecified atom stereocenters. The molecule has 19 heavy (non-hydrogen) atoms.